The fraction of sp³-hybridized carbons (Fsp3) is 1.00. The number of nitrogens with one attached hydrogen (secondary N) is 1. The number of ether oxygens (including phenoxy) is 1. The summed E-state index contributed by atoms with van der Waals surface area (Å²) >= 11 is 0. The first kappa shape index (κ1) is 14.3. The minimum atomic E-state index is 0.352. The van der Waals surface area contributed by atoms with Crippen LogP contribution in [0.1, 0.15) is 65.7 Å². The molecule has 0 saturated heterocycles. The van der Waals surface area contributed by atoms with Crippen molar-refractivity contribution in [3.8, 4) is 0 Å². The van der Waals surface area contributed by atoms with Gasteiger partial charge in [-0.15, -0.1) is 0 Å². The van der Waals surface area contributed by atoms with Gasteiger partial charge in [-0.25, -0.2) is 0 Å². The Morgan fingerprint density at radius 2 is 1.94 bits per heavy atom. The summed E-state index contributed by atoms with van der Waals surface area (Å²) in [4.78, 5) is 0. The lowest BCUT2D eigenvalue weighted by atomic mass is 9.61. The quantitative estimate of drug-likeness (QED) is 0.805. The van der Waals surface area contributed by atoms with E-state index in [1.807, 2.05) is 0 Å². The largest absolute Gasteiger partial charge is 0.374 e. The normalized spacial score (nSPS) is 44.7. The van der Waals surface area contributed by atoms with Crippen molar-refractivity contribution in [2.45, 2.75) is 84.0 Å². The van der Waals surface area contributed by atoms with Crippen LogP contribution >= 0.6 is 0 Å². The SMILES string of the molecule is CCC1CCCCC1OC1CC(NC)C1(C)CC. The Morgan fingerprint density at radius 1 is 1.22 bits per heavy atom. The molecule has 18 heavy (non-hydrogen) atoms. The molecule has 1 N–H and O–H groups in total. The first-order valence-corrected chi connectivity index (χ1v) is 7.98. The van der Waals surface area contributed by atoms with Crippen LogP contribution in [0.15, 0.2) is 0 Å². The molecule has 5 unspecified atom stereocenters. The summed E-state index contributed by atoms with van der Waals surface area (Å²) < 4.78 is 6.53. The van der Waals surface area contributed by atoms with Crippen molar-refractivity contribution in [3.05, 3.63) is 0 Å². The zero-order valence-corrected chi connectivity index (χ0v) is 12.7. The van der Waals surface area contributed by atoms with Crippen LogP contribution in [0.2, 0.25) is 0 Å². The van der Waals surface area contributed by atoms with Crippen molar-refractivity contribution in [1.82, 2.24) is 5.32 Å². The van der Waals surface area contributed by atoms with E-state index in [0.717, 1.165) is 5.92 Å². The highest BCUT2D eigenvalue weighted by molar-refractivity contribution is 5.04. The van der Waals surface area contributed by atoms with Crippen molar-refractivity contribution < 1.29 is 4.74 Å². The van der Waals surface area contributed by atoms with Gasteiger partial charge in [0.2, 0.25) is 0 Å². The van der Waals surface area contributed by atoms with Gasteiger partial charge in [-0.1, -0.05) is 40.0 Å². The summed E-state index contributed by atoms with van der Waals surface area (Å²) in [5.74, 6) is 0.813. The van der Waals surface area contributed by atoms with Crippen molar-refractivity contribution in [2.75, 3.05) is 7.05 Å². The molecule has 0 aliphatic heterocycles. The van der Waals surface area contributed by atoms with Crippen LogP contribution in [0, 0.1) is 11.3 Å². The van der Waals surface area contributed by atoms with Gasteiger partial charge < -0.3 is 10.1 Å². The second-order valence-corrected chi connectivity index (χ2v) is 6.55. The minimum Gasteiger partial charge on any atom is -0.374 e. The van der Waals surface area contributed by atoms with Gasteiger partial charge in [0.05, 0.1) is 12.2 Å². The summed E-state index contributed by atoms with van der Waals surface area (Å²) in [6.45, 7) is 7.02. The predicted molar refractivity (Wildman–Crippen MR) is 76.8 cm³/mol. The molecule has 0 spiro atoms. The van der Waals surface area contributed by atoms with Crippen molar-refractivity contribution >= 4 is 0 Å². The summed E-state index contributed by atoms with van der Waals surface area (Å²) in [5.41, 5.74) is 0.352. The Morgan fingerprint density at radius 3 is 2.56 bits per heavy atom. The molecule has 0 amide bonds. The molecule has 0 aromatic heterocycles. The molecule has 2 rings (SSSR count). The molecule has 2 aliphatic carbocycles. The topological polar surface area (TPSA) is 21.3 Å². The molecule has 0 heterocycles. The third kappa shape index (κ3) is 2.46. The van der Waals surface area contributed by atoms with E-state index in [2.05, 4.69) is 33.1 Å². The van der Waals surface area contributed by atoms with Crippen molar-refractivity contribution in [3.63, 3.8) is 0 Å². The molecule has 0 aromatic carbocycles. The lowest BCUT2D eigenvalue weighted by Gasteiger charge is -2.55. The van der Waals surface area contributed by atoms with Gasteiger partial charge in [-0.05, 0) is 38.6 Å². The molecular formula is C16H31NO. The van der Waals surface area contributed by atoms with Gasteiger partial charge in [0.25, 0.3) is 0 Å². The third-order valence-corrected chi connectivity index (χ3v) is 5.79. The highest BCUT2D eigenvalue weighted by Gasteiger charge is 2.51. The molecular weight excluding hydrogens is 222 g/mol. The lowest BCUT2D eigenvalue weighted by molar-refractivity contribution is -0.174. The van der Waals surface area contributed by atoms with Crippen LogP contribution in [-0.2, 0) is 4.74 Å². The molecule has 2 aliphatic rings. The van der Waals surface area contributed by atoms with Crippen LogP contribution in [0.4, 0.5) is 0 Å². The average Bonchev–Trinajstić information content (AvgIpc) is 2.42. The highest BCUT2D eigenvalue weighted by atomic mass is 16.5. The zero-order valence-electron chi connectivity index (χ0n) is 12.7. The van der Waals surface area contributed by atoms with Gasteiger partial charge in [0, 0.05) is 11.5 Å². The summed E-state index contributed by atoms with van der Waals surface area (Å²) in [6.07, 6.45) is 10.2. The smallest absolute Gasteiger partial charge is 0.0662 e. The number of hydrogen-bond acceptors (Lipinski definition) is 2. The van der Waals surface area contributed by atoms with Gasteiger partial charge in [0.1, 0.15) is 0 Å². The van der Waals surface area contributed by atoms with E-state index in [9.17, 15) is 0 Å². The van der Waals surface area contributed by atoms with Gasteiger partial charge >= 0.3 is 0 Å². The molecule has 2 fully saturated rings. The molecule has 0 bridgehead atoms. The Bertz CT molecular complexity index is 268. The first-order valence-electron chi connectivity index (χ1n) is 7.98. The van der Waals surface area contributed by atoms with Crippen LogP contribution in [0.3, 0.4) is 0 Å². The van der Waals surface area contributed by atoms with E-state index in [-0.39, 0.29) is 0 Å². The Hall–Kier alpha value is -0.0800. The molecule has 5 atom stereocenters. The second kappa shape index (κ2) is 5.92. The van der Waals surface area contributed by atoms with Crippen LogP contribution in [-0.4, -0.2) is 25.3 Å². The Kier molecular flexibility index (Phi) is 4.71. The Labute approximate surface area is 113 Å². The average molecular weight is 253 g/mol. The van der Waals surface area contributed by atoms with Gasteiger partial charge in [-0.3, -0.25) is 0 Å². The standard InChI is InChI=1S/C16H31NO/c1-5-12-9-7-8-10-13(12)18-15-11-14(17-4)16(15,3)6-2/h12-15,17H,5-11H2,1-4H3. The Balaban J connectivity index is 1.93. The van der Waals surface area contributed by atoms with Gasteiger partial charge in [0.15, 0.2) is 0 Å². The summed E-state index contributed by atoms with van der Waals surface area (Å²) in [7, 11) is 2.09. The molecule has 0 radical (unpaired) electrons. The molecule has 2 heteroatoms. The minimum absolute atomic E-state index is 0.352. The lowest BCUT2D eigenvalue weighted by Crippen LogP contribution is -2.62. The van der Waals surface area contributed by atoms with Crippen molar-refractivity contribution in [1.29, 1.82) is 0 Å². The molecule has 0 aromatic rings. The molecule has 106 valence electrons. The maximum absolute atomic E-state index is 6.53. The van der Waals surface area contributed by atoms with Crippen molar-refractivity contribution in [2.24, 2.45) is 11.3 Å². The first-order chi connectivity index (χ1) is 8.65. The fourth-order valence-corrected chi connectivity index (χ4v) is 3.98. The van der Waals surface area contributed by atoms with Crippen LogP contribution < -0.4 is 5.32 Å². The predicted octanol–water partition coefficient (Wildman–Crippen LogP) is 3.75. The fourth-order valence-electron chi connectivity index (χ4n) is 3.98. The van der Waals surface area contributed by atoms with Crippen LogP contribution in [0.5, 0.6) is 0 Å². The summed E-state index contributed by atoms with van der Waals surface area (Å²) in [5, 5.41) is 3.46. The van der Waals surface area contributed by atoms with E-state index < -0.39 is 0 Å². The van der Waals surface area contributed by atoms with E-state index in [0.29, 0.717) is 23.7 Å². The van der Waals surface area contributed by atoms with Crippen LogP contribution in [0.25, 0.3) is 0 Å². The van der Waals surface area contributed by atoms with E-state index in [1.54, 1.807) is 0 Å². The maximum Gasteiger partial charge on any atom is 0.0662 e. The zero-order chi connectivity index (χ0) is 13.2. The van der Waals surface area contributed by atoms with E-state index >= 15 is 0 Å². The number of rotatable bonds is 5. The monoisotopic (exact) mass is 253 g/mol. The molecule has 2 saturated carbocycles. The summed E-state index contributed by atoms with van der Waals surface area (Å²) in [6, 6.07) is 0.649. The van der Waals surface area contributed by atoms with E-state index in [4.69, 9.17) is 4.74 Å². The highest BCUT2D eigenvalue weighted by Crippen LogP contribution is 2.47. The molecule has 2 nitrogen and oxygen atoms in total. The number of hydrogen-bond donors (Lipinski definition) is 1. The third-order valence-electron chi connectivity index (χ3n) is 5.79. The second-order valence-electron chi connectivity index (χ2n) is 6.55. The van der Waals surface area contributed by atoms with E-state index in [1.165, 1.54) is 44.9 Å². The van der Waals surface area contributed by atoms with Gasteiger partial charge in [-0.2, -0.15) is 0 Å². The maximum atomic E-state index is 6.53.